The summed E-state index contributed by atoms with van der Waals surface area (Å²) in [4.78, 5) is 35.7. The number of nitrogens with zero attached hydrogens (tertiary/aromatic N) is 2. The summed E-state index contributed by atoms with van der Waals surface area (Å²) in [5, 5.41) is 2.99. The first-order chi connectivity index (χ1) is 17.8. The Bertz CT molecular complexity index is 1310. The fourth-order valence-electron chi connectivity index (χ4n) is 5.10. The number of pyridine rings is 2. The lowest BCUT2D eigenvalue weighted by molar-refractivity contribution is 0.0846. The molecule has 3 heterocycles. The highest BCUT2D eigenvalue weighted by atomic mass is 16.5. The van der Waals surface area contributed by atoms with Crippen LogP contribution in [0.15, 0.2) is 41.3 Å². The van der Waals surface area contributed by atoms with Crippen LogP contribution in [0.25, 0.3) is 11.1 Å². The Morgan fingerprint density at radius 3 is 2.54 bits per heavy atom. The van der Waals surface area contributed by atoms with Gasteiger partial charge in [0.15, 0.2) is 0 Å². The highest BCUT2D eigenvalue weighted by Gasteiger charge is 2.25. The standard InChI is InChI=1S/C29H35BN4O3/c1-5-34(24-8-10-37-11-9-24)27-14-22(21-6-7-23(15-30)31-16-21)13-25(20(27)4)28(35)32-17-26-18(2)12-19(3)33-29(26)36/h6-7,12-14,16,24H,5,8-11,15,17H2,1-4H3,(H,32,35)(H,33,36). The van der Waals surface area contributed by atoms with Crippen molar-refractivity contribution in [1.82, 2.24) is 15.3 Å². The van der Waals surface area contributed by atoms with E-state index < -0.39 is 0 Å². The second-order valence-corrected chi connectivity index (χ2v) is 9.67. The fourth-order valence-corrected chi connectivity index (χ4v) is 5.10. The van der Waals surface area contributed by atoms with Gasteiger partial charge < -0.3 is 19.9 Å². The predicted octanol–water partition coefficient (Wildman–Crippen LogP) is 3.97. The largest absolute Gasteiger partial charge is 0.381 e. The van der Waals surface area contributed by atoms with Gasteiger partial charge in [-0.3, -0.25) is 14.6 Å². The summed E-state index contributed by atoms with van der Waals surface area (Å²) >= 11 is 0. The summed E-state index contributed by atoms with van der Waals surface area (Å²) in [7, 11) is 5.74. The molecule has 1 fully saturated rings. The Labute approximate surface area is 220 Å². The number of aromatic nitrogens is 2. The lowest BCUT2D eigenvalue weighted by atomic mass is 9.95. The molecule has 4 rings (SSSR count). The van der Waals surface area contributed by atoms with Gasteiger partial charge in [0, 0.05) is 72.3 Å². The van der Waals surface area contributed by atoms with E-state index in [1.54, 1.807) is 6.20 Å². The number of carbonyl (C=O) groups is 1. The maximum absolute atomic E-state index is 13.6. The van der Waals surface area contributed by atoms with Crippen molar-refractivity contribution < 1.29 is 9.53 Å². The van der Waals surface area contributed by atoms with E-state index in [0.717, 1.165) is 71.9 Å². The number of H-pyrrole nitrogens is 1. The van der Waals surface area contributed by atoms with Crippen molar-refractivity contribution in [2.45, 2.75) is 59.4 Å². The zero-order valence-electron chi connectivity index (χ0n) is 22.2. The molecule has 0 spiro atoms. The van der Waals surface area contributed by atoms with Gasteiger partial charge in [-0.25, -0.2) is 0 Å². The number of ether oxygens (including phenoxy) is 1. The van der Waals surface area contributed by atoms with Gasteiger partial charge in [-0.15, -0.1) is 0 Å². The summed E-state index contributed by atoms with van der Waals surface area (Å²) in [6, 6.07) is 10.2. The zero-order valence-corrected chi connectivity index (χ0v) is 22.2. The molecule has 1 amide bonds. The third kappa shape index (κ3) is 5.96. The summed E-state index contributed by atoms with van der Waals surface area (Å²) in [6.45, 7) is 10.3. The fraction of sp³-hybridized carbons (Fsp3) is 0.414. The van der Waals surface area contributed by atoms with Crippen molar-refractivity contribution in [3.05, 3.63) is 80.5 Å². The Morgan fingerprint density at radius 2 is 1.92 bits per heavy atom. The van der Waals surface area contributed by atoms with Crippen molar-refractivity contribution >= 4 is 19.4 Å². The van der Waals surface area contributed by atoms with E-state index in [-0.39, 0.29) is 18.0 Å². The Hall–Kier alpha value is -3.39. The average Bonchev–Trinajstić information content (AvgIpc) is 2.90. The van der Waals surface area contributed by atoms with Gasteiger partial charge in [-0.1, -0.05) is 6.07 Å². The number of hydrogen-bond donors (Lipinski definition) is 2. The van der Waals surface area contributed by atoms with Crippen molar-refractivity contribution in [3.63, 3.8) is 0 Å². The maximum Gasteiger partial charge on any atom is 0.253 e. The van der Waals surface area contributed by atoms with E-state index in [2.05, 4.69) is 33.2 Å². The third-order valence-electron chi connectivity index (χ3n) is 7.19. The Kier molecular flexibility index (Phi) is 8.49. The molecule has 0 aliphatic carbocycles. The number of rotatable bonds is 8. The van der Waals surface area contributed by atoms with Crippen LogP contribution >= 0.6 is 0 Å². The third-order valence-corrected chi connectivity index (χ3v) is 7.19. The molecular weight excluding hydrogens is 463 g/mol. The Morgan fingerprint density at radius 1 is 1.16 bits per heavy atom. The normalized spacial score (nSPS) is 13.9. The van der Waals surface area contributed by atoms with Crippen LogP contribution in [0.3, 0.4) is 0 Å². The van der Waals surface area contributed by atoms with Crippen LogP contribution in [0, 0.1) is 20.8 Å². The van der Waals surface area contributed by atoms with Crippen LogP contribution in [0.4, 0.5) is 5.69 Å². The first kappa shape index (κ1) is 26.7. The van der Waals surface area contributed by atoms with E-state index in [1.807, 2.05) is 45.0 Å². The van der Waals surface area contributed by atoms with Crippen LogP contribution in [0.1, 0.15) is 58.2 Å². The molecule has 0 atom stereocenters. The summed E-state index contributed by atoms with van der Waals surface area (Å²) < 4.78 is 5.60. The first-order valence-corrected chi connectivity index (χ1v) is 12.9. The van der Waals surface area contributed by atoms with Gasteiger partial charge in [-0.2, -0.15) is 0 Å². The lowest BCUT2D eigenvalue weighted by Gasteiger charge is -2.37. The average molecular weight is 498 g/mol. The van der Waals surface area contributed by atoms with Gasteiger partial charge in [-0.05, 0) is 87.8 Å². The number of aryl methyl sites for hydroxylation is 2. The molecule has 0 saturated carbocycles. The molecule has 2 radical (unpaired) electrons. The summed E-state index contributed by atoms with van der Waals surface area (Å²) in [6.07, 6.45) is 4.07. The van der Waals surface area contributed by atoms with E-state index in [0.29, 0.717) is 23.5 Å². The molecule has 8 heteroatoms. The SMILES string of the molecule is [B]Cc1ccc(-c2cc(C(=O)NCc3c(C)cc(C)[nH]c3=O)c(C)c(N(CC)C3CCOCC3)c2)cn1. The van der Waals surface area contributed by atoms with Crippen molar-refractivity contribution in [2.75, 3.05) is 24.7 Å². The second-order valence-electron chi connectivity index (χ2n) is 9.67. The topological polar surface area (TPSA) is 87.3 Å². The number of carbonyl (C=O) groups excluding carboxylic acids is 1. The molecule has 1 saturated heterocycles. The van der Waals surface area contributed by atoms with Gasteiger partial charge >= 0.3 is 0 Å². The van der Waals surface area contributed by atoms with Gasteiger partial charge in [0.1, 0.15) is 0 Å². The van der Waals surface area contributed by atoms with Gasteiger partial charge in [0.2, 0.25) is 0 Å². The van der Waals surface area contributed by atoms with Gasteiger partial charge in [0.25, 0.3) is 11.5 Å². The minimum atomic E-state index is -0.213. The molecule has 0 bridgehead atoms. The van der Waals surface area contributed by atoms with E-state index in [1.165, 1.54) is 0 Å². The molecule has 7 nitrogen and oxygen atoms in total. The lowest BCUT2D eigenvalue weighted by Crippen LogP contribution is -2.40. The molecule has 1 aliphatic heterocycles. The molecule has 2 aromatic heterocycles. The molecule has 192 valence electrons. The van der Waals surface area contributed by atoms with Crippen LogP contribution in [0.2, 0.25) is 0 Å². The maximum atomic E-state index is 13.6. The quantitative estimate of drug-likeness (QED) is 0.459. The molecule has 1 aromatic carbocycles. The summed E-state index contributed by atoms with van der Waals surface area (Å²) in [5.74, 6) is -0.213. The zero-order chi connectivity index (χ0) is 26.5. The van der Waals surface area contributed by atoms with Crippen molar-refractivity contribution in [2.24, 2.45) is 0 Å². The minimum absolute atomic E-state index is 0.156. The number of anilines is 1. The number of hydrogen-bond acceptors (Lipinski definition) is 5. The second kappa shape index (κ2) is 11.8. The summed E-state index contributed by atoms with van der Waals surface area (Å²) in [5.41, 5.74) is 7.21. The number of benzene rings is 1. The highest BCUT2D eigenvalue weighted by Crippen LogP contribution is 2.33. The first-order valence-electron chi connectivity index (χ1n) is 12.9. The Balaban J connectivity index is 1.73. The minimum Gasteiger partial charge on any atom is -0.381 e. The van der Waals surface area contributed by atoms with Crippen LogP contribution < -0.4 is 15.8 Å². The number of amides is 1. The molecular formula is C29H35BN4O3. The smallest absolute Gasteiger partial charge is 0.253 e. The number of nitrogens with one attached hydrogen (secondary N) is 2. The molecule has 37 heavy (non-hydrogen) atoms. The van der Waals surface area contributed by atoms with Crippen LogP contribution in [-0.4, -0.2) is 49.5 Å². The highest BCUT2D eigenvalue weighted by molar-refractivity contribution is 6.08. The van der Waals surface area contributed by atoms with Crippen LogP contribution in [-0.2, 0) is 17.6 Å². The van der Waals surface area contributed by atoms with E-state index >= 15 is 0 Å². The monoisotopic (exact) mass is 498 g/mol. The molecule has 0 unspecified atom stereocenters. The predicted molar refractivity (Wildman–Crippen MR) is 148 cm³/mol. The van der Waals surface area contributed by atoms with Crippen molar-refractivity contribution in [1.29, 1.82) is 0 Å². The van der Waals surface area contributed by atoms with Gasteiger partial charge in [0.05, 0.1) is 7.85 Å². The number of aromatic amines is 1. The van der Waals surface area contributed by atoms with Crippen molar-refractivity contribution in [3.8, 4) is 11.1 Å². The molecule has 2 N–H and O–H groups in total. The van der Waals surface area contributed by atoms with Crippen LogP contribution in [0.5, 0.6) is 0 Å². The molecule has 1 aliphatic rings. The molecule has 3 aromatic rings. The van der Waals surface area contributed by atoms with E-state index in [9.17, 15) is 9.59 Å². The van der Waals surface area contributed by atoms with E-state index in [4.69, 9.17) is 12.6 Å².